The zero-order valence-corrected chi connectivity index (χ0v) is 29.5. The number of oxazole rings is 1. The summed E-state index contributed by atoms with van der Waals surface area (Å²) in [5, 5.41) is 4.59. The third kappa shape index (κ3) is 4.52. The highest BCUT2D eigenvalue weighted by Crippen LogP contribution is 2.49. The number of aromatic nitrogens is 2. The van der Waals surface area contributed by atoms with Crippen LogP contribution in [0.4, 0.5) is 11.4 Å². The molecule has 0 fully saturated rings. The molecular formula is C49H31N3O3. The smallest absolute Gasteiger partial charge is 0.227 e. The van der Waals surface area contributed by atoms with E-state index in [0.717, 1.165) is 83.8 Å². The van der Waals surface area contributed by atoms with Crippen LogP contribution in [0.25, 0.3) is 77.6 Å². The van der Waals surface area contributed by atoms with Gasteiger partial charge in [0.15, 0.2) is 11.2 Å². The lowest BCUT2D eigenvalue weighted by molar-refractivity contribution is 0.274. The number of nitrogens with zero attached hydrogens (tertiary/aromatic N) is 3. The van der Waals surface area contributed by atoms with E-state index >= 15 is 0 Å². The van der Waals surface area contributed by atoms with Crippen LogP contribution in [0.3, 0.4) is 0 Å². The number of hydrogen-bond donors (Lipinski definition) is 0. The summed E-state index contributed by atoms with van der Waals surface area (Å²) in [4.78, 5) is 7.21. The number of benzene rings is 7. The molecule has 0 radical (unpaired) electrons. The lowest BCUT2D eigenvalue weighted by Crippen LogP contribution is -2.25. The van der Waals surface area contributed by atoms with E-state index in [0.29, 0.717) is 12.3 Å². The van der Waals surface area contributed by atoms with Crippen LogP contribution < -0.4 is 9.64 Å². The number of rotatable bonds is 5. The molecule has 55 heavy (non-hydrogen) atoms. The molecule has 7 aromatic carbocycles. The van der Waals surface area contributed by atoms with Crippen LogP contribution in [-0.2, 0) is 0 Å². The summed E-state index contributed by atoms with van der Waals surface area (Å²) in [5.41, 5.74) is 12.8. The molecule has 1 aliphatic heterocycles. The third-order valence-corrected chi connectivity index (χ3v) is 11.1. The first-order chi connectivity index (χ1) is 27.3. The highest BCUT2D eigenvalue weighted by molar-refractivity contribution is 6.12. The molecule has 12 rings (SSSR count). The van der Waals surface area contributed by atoms with Crippen molar-refractivity contribution in [3.8, 4) is 22.9 Å². The van der Waals surface area contributed by atoms with E-state index < -0.39 is 0 Å². The zero-order valence-electron chi connectivity index (χ0n) is 29.5. The van der Waals surface area contributed by atoms with Crippen LogP contribution in [-0.4, -0.2) is 15.7 Å². The summed E-state index contributed by atoms with van der Waals surface area (Å²) in [6.07, 6.45) is 4.86. The fourth-order valence-electron chi connectivity index (χ4n) is 8.70. The number of anilines is 2. The molecule has 6 nitrogen and oxygen atoms in total. The first-order valence-corrected chi connectivity index (χ1v) is 18.6. The molecule has 10 aromatic rings. The van der Waals surface area contributed by atoms with E-state index in [-0.39, 0.29) is 6.10 Å². The van der Waals surface area contributed by atoms with Gasteiger partial charge < -0.3 is 23.0 Å². The minimum absolute atomic E-state index is 0.206. The number of ether oxygens (including phenoxy) is 1. The number of para-hydroxylation sites is 4. The van der Waals surface area contributed by atoms with Crippen molar-refractivity contribution < 1.29 is 13.6 Å². The Morgan fingerprint density at radius 1 is 0.600 bits per heavy atom. The number of furan rings is 1. The Bertz CT molecular complexity index is 3220. The van der Waals surface area contributed by atoms with Gasteiger partial charge >= 0.3 is 0 Å². The Kier molecular flexibility index (Phi) is 6.36. The monoisotopic (exact) mass is 709 g/mol. The maximum Gasteiger partial charge on any atom is 0.227 e. The summed E-state index contributed by atoms with van der Waals surface area (Å²) in [7, 11) is 0. The standard InChI is InChI=1S/C49H31N3O3/c1-3-12-30(13-4-1)49-50-39-26-27-44-46(48(39)55-49)38-25-23-33(29-45(38)53-44)51(41-20-11-18-37-36-17-8-10-21-43(36)54-47(37)41)32-22-24-35-34-16-7-9-19-40(34)52(42(35)28-32)31-14-5-2-6-15-31/h1-28,45H,29H2. The van der Waals surface area contributed by atoms with Gasteiger partial charge in [-0.3, -0.25) is 0 Å². The Morgan fingerprint density at radius 3 is 2.25 bits per heavy atom. The van der Waals surface area contributed by atoms with Gasteiger partial charge in [-0.2, -0.15) is 0 Å². The first-order valence-electron chi connectivity index (χ1n) is 18.6. The summed E-state index contributed by atoms with van der Waals surface area (Å²) in [6.45, 7) is 0. The van der Waals surface area contributed by atoms with Gasteiger partial charge in [0.2, 0.25) is 5.89 Å². The Hall–Kier alpha value is -7.31. The predicted molar refractivity (Wildman–Crippen MR) is 221 cm³/mol. The molecule has 1 aliphatic carbocycles. The van der Waals surface area contributed by atoms with Crippen LogP contribution in [0.1, 0.15) is 12.0 Å². The van der Waals surface area contributed by atoms with Crippen LogP contribution in [0.5, 0.6) is 5.75 Å². The molecule has 1 unspecified atom stereocenters. The van der Waals surface area contributed by atoms with Crippen molar-refractivity contribution >= 4 is 71.8 Å². The fourth-order valence-corrected chi connectivity index (χ4v) is 8.70. The second-order valence-corrected chi connectivity index (χ2v) is 14.2. The average molecular weight is 710 g/mol. The molecule has 0 saturated heterocycles. The number of hydrogen-bond acceptors (Lipinski definition) is 5. The largest absolute Gasteiger partial charge is 0.485 e. The van der Waals surface area contributed by atoms with Crippen molar-refractivity contribution in [2.45, 2.75) is 12.5 Å². The first kappa shape index (κ1) is 30.2. The quantitative estimate of drug-likeness (QED) is 0.178. The van der Waals surface area contributed by atoms with Gasteiger partial charge in [-0.05, 0) is 72.8 Å². The summed E-state index contributed by atoms with van der Waals surface area (Å²) in [6, 6.07) is 54.8. The van der Waals surface area contributed by atoms with E-state index in [1.807, 2.05) is 54.6 Å². The maximum atomic E-state index is 6.76. The van der Waals surface area contributed by atoms with Crippen LogP contribution in [0.2, 0.25) is 0 Å². The molecule has 4 heterocycles. The van der Waals surface area contributed by atoms with E-state index in [4.69, 9.17) is 18.6 Å². The Balaban J connectivity index is 1.06. The molecule has 0 saturated carbocycles. The molecule has 0 N–H and O–H groups in total. The van der Waals surface area contributed by atoms with Gasteiger partial charge in [0.05, 0.1) is 22.3 Å². The van der Waals surface area contributed by atoms with Gasteiger partial charge in [-0.15, -0.1) is 0 Å². The van der Waals surface area contributed by atoms with Gasteiger partial charge in [0.1, 0.15) is 23.0 Å². The van der Waals surface area contributed by atoms with Crippen molar-refractivity contribution in [2.75, 3.05) is 4.90 Å². The van der Waals surface area contributed by atoms with Crippen molar-refractivity contribution in [3.05, 3.63) is 181 Å². The molecule has 0 spiro atoms. The highest BCUT2D eigenvalue weighted by atomic mass is 16.5. The molecule has 260 valence electrons. The molecule has 1 atom stereocenters. The molecule has 0 amide bonds. The lowest BCUT2D eigenvalue weighted by Gasteiger charge is -2.31. The van der Waals surface area contributed by atoms with Crippen molar-refractivity contribution in [3.63, 3.8) is 0 Å². The van der Waals surface area contributed by atoms with Crippen molar-refractivity contribution in [1.82, 2.24) is 9.55 Å². The van der Waals surface area contributed by atoms with Gasteiger partial charge in [-0.1, -0.05) is 97.1 Å². The van der Waals surface area contributed by atoms with Crippen molar-refractivity contribution in [1.29, 1.82) is 0 Å². The SMILES string of the molecule is C1=C2c3c(ccc4nc(-c5ccccc5)oc34)OC2CC(N(c2ccc3c4ccccc4n(-c4ccccc4)c3c2)c2cccc3c2oc2ccccc23)=C1. The Morgan fingerprint density at radius 2 is 1.36 bits per heavy atom. The zero-order chi connectivity index (χ0) is 36.0. The molecule has 2 aliphatic rings. The molecule has 6 heteroatoms. The lowest BCUT2D eigenvalue weighted by atomic mass is 9.93. The molecule has 0 bridgehead atoms. The summed E-state index contributed by atoms with van der Waals surface area (Å²) >= 11 is 0. The van der Waals surface area contributed by atoms with Crippen molar-refractivity contribution in [2.24, 2.45) is 0 Å². The van der Waals surface area contributed by atoms with E-state index in [9.17, 15) is 0 Å². The van der Waals surface area contributed by atoms with Gasteiger partial charge in [0, 0.05) is 56.2 Å². The van der Waals surface area contributed by atoms with E-state index in [2.05, 4.69) is 125 Å². The topological polar surface area (TPSA) is 56.6 Å². The Labute approximate surface area is 315 Å². The van der Waals surface area contributed by atoms with Gasteiger partial charge in [-0.25, -0.2) is 4.98 Å². The number of fused-ring (bicyclic) bond motifs is 11. The summed E-state index contributed by atoms with van der Waals surface area (Å²) < 4.78 is 22.3. The average Bonchev–Trinajstić information content (AvgIpc) is 4.02. The minimum atomic E-state index is -0.206. The van der Waals surface area contributed by atoms with Crippen LogP contribution >= 0.6 is 0 Å². The minimum Gasteiger partial charge on any atom is -0.485 e. The highest BCUT2D eigenvalue weighted by Gasteiger charge is 2.36. The fraction of sp³-hybridized carbons (Fsp3) is 0.0408. The van der Waals surface area contributed by atoms with E-state index in [1.54, 1.807) is 0 Å². The van der Waals surface area contributed by atoms with Crippen LogP contribution in [0.15, 0.2) is 184 Å². The van der Waals surface area contributed by atoms with Crippen LogP contribution in [0, 0.1) is 0 Å². The maximum absolute atomic E-state index is 6.76. The van der Waals surface area contributed by atoms with Gasteiger partial charge in [0.25, 0.3) is 0 Å². The second-order valence-electron chi connectivity index (χ2n) is 14.2. The predicted octanol–water partition coefficient (Wildman–Crippen LogP) is 12.8. The summed E-state index contributed by atoms with van der Waals surface area (Å²) in [5.74, 6) is 1.42. The second kappa shape index (κ2) is 11.6. The molecule has 3 aromatic heterocycles. The van der Waals surface area contributed by atoms with E-state index in [1.165, 1.54) is 16.3 Å². The molecular weight excluding hydrogens is 679 g/mol. The third-order valence-electron chi connectivity index (χ3n) is 11.1. The normalized spacial score (nSPS) is 15.0. The number of allylic oxidation sites excluding steroid dienone is 2.